The maximum atomic E-state index is 13.9. The van der Waals surface area contributed by atoms with E-state index in [2.05, 4.69) is 21.6 Å². The first-order chi connectivity index (χ1) is 19.9. The van der Waals surface area contributed by atoms with Gasteiger partial charge in [-0.3, -0.25) is 9.36 Å². The van der Waals surface area contributed by atoms with Gasteiger partial charge in [0.1, 0.15) is 24.4 Å². The minimum Gasteiger partial charge on any atom is -0.528 e. The van der Waals surface area contributed by atoms with E-state index >= 15 is 0 Å². The summed E-state index contributed by atoms with van der Waals surface area (Å²) < 4.78 is 24.6. The van der Waals surface area contributed by atoms with Crippen LogP contribution in [0.15, 0.2) is 82.1 Å². The van der Waals surface area contributed by atoms with Gasteiger partial charge in [0, 0.05) is 17.5 Å². The molecular formula is C32H30FN4O4-. The smallest absolute Gasteiger partial charge is 0.261 e. The average molecular weight is 554 g/mol. The largest absolute Gasteiger partial charge is 0.528 e. The van der Waals surface area contributed by atoms with Crippen molar-refractivity contribution in [1.82, 2.24) is 19.7 Å². The molecule has 0 radical (unpaired) electrons. The lowest BCUT2D eigenvalue weighted by Gasteiger charge is -2.16. The Hall–Kier alpha value is -4.79. The van der Waals surface area contributed by atoms with Crippen LogP contribution in [-0.2, 0) is 12.8 Å². The molecule has 0 saturated heterocycles. The Morgan fingerprint density at radius 3 is 2.34 bits per heavy atom. The number of aromatic nitrogens is 4. The third-order valence-electron chi connectivity index (χ3n) is 6.79. The second kappa shape index (κ2) is 12.2. The van der Waals surface area contributed by atoms with Gasteiger partial charge in [0.05, 0.1) is 11.4 Å². The highest BCUT2D eigenvalue weighted by Gasteiger charge is 2.17. The van der Waals surface area contributed by atoms with Gasteiger partial charge in [-0.05, 0) is 61.2 Å². The van der Waals surface area contributed by atoms with Crippen LogP contribution in [0.1, 0.15) is 42.9 Å². The number of halogens is 1. The molecule has 1 unspecified atom stereocenters. The second-order valence-corrected chi connectivity index (χ2v) is 9.85. The van der Waals surface area contributed by atoms with Crippen molar-refractivity contribution in [1.29, 1.82) is 0 Å². The van der Waals surface area contributed by atoms with E-state index in [0.29, 0.717) is 41.2 Å². The molecule has 0 aliphatic carbocycles. The maximum Gasteiger partial charge on any atom is 0.261 e. The molecule has 0 aliphatic rings. The van der Waals surface area contributed by atoms with Gasteiger partial charge in [0.2, 0.25) is 0 Å². The summed E-state index contributed by atoms with van der Waals surface area (Å²) in [5.41, 5.74) is 5.42. The maximum absolute atomic E-state index is 13.9. The summed E-state index contributed by atoms with van der Waals surface area (Å²) in [6, 6.07) is 22.5. The van der Waals surface area contributed by atoms with Crippen LogP contribution >= 0.6 is 0 Å². The molecular weight excluding hydrogens is 523 g/mol. The van der Waals surface area contributed by atoms with E-state index in [0.717, 1.165) is 28.8 Å². The van der Waals surface area contributed by atoms with Crippen molar-refractivity contribution < 1.29 is 18.8 Å². The van der Waals surface area contributed by atoms with E-state index in [1.54, 1.807) is 35.8 Å². The summed E-state index contributed by atoms with van der Waals surface area (Å²) in [4.78, 5) is 22.6. The van der Waals surface area contributed by atoms with Gasteiger partial charge in [-0.2, -0.15) is 5.16 Å². The van der Waals surface area contributed by atoms with Crippen LogP contribution in [0.3, 0.4) is 0 Å². The molecule has 0 aliphatic heterocycles. The molecule has 0 fully saturated rings. The molecule has 0 saturated carbocycles. The summed E-state index contributed by atoms with van der Waals surface area (Å²) in [6.45, 7) is 4.97. The number of ether oxygens (including phenoxy) is 1. The molecule has 0 amide bonds. The van der Waals surface area contributed by atoms with Gasteiger partial charge >= 0.3 is 0 Å². The molecule has 210 valence electrons. The predicted octanol–water partition coefficient (Wildman–Crippen LogP) is 5.61. The Bertz CT molecular complexity index is 1690. The van der Waals surface area contributed by atoms with E-state index in [9.17, 15) is 14.3 Å². The summed E-state index contributed by atoms with van der Waals surface area (Å²) in [5, 5.41) is 15.2. The minimum absolute atomic E-state index is 0.119. The minimum atomic E-state index is -0.735. The Morgan fingerprint density at radius 1 is 1.00 bits per heavy atom. The Kier molecular flexibility index (Phi) is 8.24. The summed E-state index contributed by atoms with van der Waals surface area (Å²) in [6.07, 6.45) is 0.692. The zero-order chi connectivity index (χ0) is 28.9. The lowest BCUT2D eigenvalue weighted by molar-refractivity contribution is -0.303. The third-order valence-corrected chi connectivity index (χ3v) is 6.79. The van der Waals surface area contributed by atoms with Crippen LogP contribution in [0.5, 0.6) is 11.8 Å². The van der Waals surface area contributed by atoms with E-state index < -0.39 is 18.9 Å². The first-order valence-corrected chi connectivity index (χ1v) is 13.5. The molecule has 0 N–H and O–H groups in total. The van der Waals surface area contributed by atoms with Crippen LogP contribution in [-0.4, -0.2) is 32.5 Å². The van der Waals surface area contributed by atoms with Gasteiger partial charge in [0.25, 0.3) is 5.56 Å². The highest BCUT2D eigenvalue weighted by molar-refractivity contribution is 5.80. The second-order valence-electron chi connectivity index (χ2n) is 9.85. The molecule has 5 aromatic rings. The molecule has 8 nitrogen and oxygen atoms in total. The summed E-state index contributed by atoms with van der Waals surface area (Å²) in [7, 11) is 0. The number of nitrogens with zero attached hydrogens (tertiary/aromatic N) is 4. The van der Waals surface area contributed by atoms with E-state index in [1.165, 1.54) is 0 Å². The summed E-state index contributed by atoms with van der Waals surface area (Å²) >= 11 is 0. The fourth-order valence-electron chi connectivity index (χ4n) is 4.84. The van der Waals surface area contributed by atoms with Crippen LogP contribution < -0.4 is 15.4 Å². The highest BCUT2D eigenvalue weighted by Crippen LogP contribution is 2.31. The van der Waals surface area contributed by atoms with Gasteiger partial charge in [-0.1, -0.05) is 61.9 Å². The predicted molar refractivity (Wildman–Crippen MR) is 152 cm³/mol. The number of aryl methyl sites for hydroxylation is 2. The average Bonchev–Trinajstić information content (AvgIpc) is 3.42. The molecule has 3 aromatic carbocycles. The van der Waals surface area contributed by atoms with Crippen LogP contribution in [0.25, 0.3) is 28.2 Å². The number of benzene rings is 3. The Labute approximate surface area is 237 Å². The lowest BCUT2D eigenvalue weighted by Crippen LogP contribution is -2.28. The van der Waals surface area contributed by atoms with Gasteiger partial charge in [-0.25, -0.2) is 14.4 Å². The molecule has 41 heavy (non-hydrogen) atoms. The quantitative estimate of drug-likeness (QED) is 0.221. The van der Waals surface area contributed by atoms with Gasteiger partial charge < -0.3 is 14.4 Å². The SMILES string of the molecule is CCCc1nc(C)n(-c2ccc(OC(C)CF)cc2)c(=O)c1Cc1ccc(-c2ccccc2-c2noc([O-])n2)cc1. The Morgan fingerprint density at radius 2 is 1.71 bits per heavy atom. The van der Waals surface area contributed by atoms with E-state index in [-0.39, 0.29) is 11.4 Å². The Balaban J connectivity index is 1.47. The molecule has 2 aromatic heterocycles. The van der Waals surface area contributed by atoms with Crippen molar-refractivity contribution in [2.75, 3.05) is 6.67 Å². The topological polar surface area (TPSA) is 106 Å². The van der Waals surface area contributed by atoms with Crippen molar-refractivity contribution >= 4 is 0 Å². The standard InChI is InChI=1S/C32H31FN4O4/c1-4-7-29-28(31(38)37(21(3)34-29)24-14-16-25(17-15-24)40-20(2)19-33)18-22-10-12-23(13-11-22)26-8-5-6-9-27(26)30-35-32(39)41-36-30/h5-6,8-17,20H,4,7,18-19H2,1-3H3,(H,35,36,39)/p-1. The molecule has 2 heterocycles. The zero-order valence-corrected chi connectivity index (χ0v) is 23.1. The molecule has 0 spiro atoms. The number of alkyl halides is 1. The van der Waals surface area contributed by atoms with Crippen LogP contribution in [0.2, 0.25) is 0 Å². The zero-order valence-electron chi connectivity index (χ0n) is 23.1. The molecule has 1 atom stereocenters. The van der Waals surface area contributed by atoms with Crippen molar-refractivity contribution in [2.24, 2.45) is 0 Å². The van der Waals surface area contributed by atoms with Crippen molar-refractivity contribution in [3.8, 4) is 40.0 Å². The van der Waals surface area contributed by atoms with Gasteiger partial charge in [0.15, 0.2) is 11.9 Å². The van der Waals surface area contributed by atoms with Crippen LogP contribution in [0, 0.1) is 6.92 Å². The van der Waals surface area contributed by atoms with E-state index in [1.807, 2.05) is 55.5 Å². The fraction of sp³-hybridized carbons (Fsp3) is 0.250. The van der Waals surface area contributed by atoms with Crippen molar-refractivity contribution in [3.63, 3.8) is 0 Å². The van der Waals surface area contributed by atoms with Crippen LogP contribution in [0.4, 0.5) is 4.39 Å². The third kappa shape index (κ3) is 6.04. The lowest BCUT2D eigenvalue weighted by atomic mass is 9.96. The highest BCUT2D eigenvalue weighted by atomic mass is 19.1. The van der Waals surface area contributed by atoms with Gasteiger partial charge in [-0.15, -0.1) is 0 Å². The van der Waals surface area contributed by atoms with Crippen molar-refractivity contribution in [3.05, 3.63) is 106 Å². The molecule has 9 heteroatoms. The number of hydrogen-bond acceptors (Lipinski definition) is 7. The first-order valence-electron chi connectivity index (χ1n) is 13.5. The normalized spacial score (nSPS) is 11.9. The van der Waals surface area contributed by atoms with E-state index in [4.69, 9.17) is 9.72 Å². The fourth-order valence-corrected chi connectivity index (χ4v) is 4.84. The van der Waals surface area contributed by atoms with Crippen molar-refractivity contribution in [2.45, 2.75) is 46.1 Å². The molecule has 5 rings (SSSR count). The first kappa shape index (κ1) is 27.8. The summed E-state index contributed by atoms with van der Waals surface area (Å²) in [5.74, 6) is 1.37. The number of rotatable bonds is 10. The monoisotopic (exact) mass is 553 g/mol. The molecule has 0 bridgehead atoms. The number of hydrogen-bond donors (Lipinski definition) is 0.